The number of aromatic nitrogens is 2. The largest absolute Gasteiger partial charge is 0.494 e. The number of hydrogen-bond donors (Lipinski definition) is 1. The van der Waals surface area contributed by atoms with Gasteiger partial charge in [-0.25, -0.2) is 9.37 Å². The van der Waals surface area contributed by atoms with Crippen LogP contribution in [0.5, 0.6) is 5.75 Å². The minimum atomic E-state index is -0.445. The average molecular weight is 315 g/mol. The zero-order valence-electron chi connectivity index (χ0n) is 9.94. The Bertz CT molecular complexity index is 584. The first-order valence-electron chi connectivity index (χ1n) is 5.24. The number of benzene rings is 1. The zero-order chi connectivity index (χ0) is 13.3. The molecule has 0 unspecified atom stereocenters. The van der Waals surface area contributed by atoms with Crippen molar-refractivity contribution < 1.29 is 14.2 Å². The Balaban J connectivity index is 2.52. The first kappa shape index (κ1) is 13.0. The molecule has 1 N–H and O–H groups in total. The van der Waals surface area contributed by atoms with Crippen molar-refractivity contribution in [2.75, 3.05) is 7.11 Å². The van der Waals surface area contributed by atoms with Crippen LogP contribution in [0.1, 0.15) is 5.69 Å². The first-order chi connectivity index (χ1) is 8.58. The lowest BCUT2D eigenvalue weighted by Crippen LogP contribution is -1.99. The molecule has 1 aromatic heterocycles. The summed E-state index contributed by atoms with van der Waals surface area (Å²) in [5.74, 6) is 0.321. The molecule has 4 nitrogen and oxygen atoms in total. The van der Waals surface area contributed by atoms with Crippen molar-refractivity contribution in [1.82, 2.24) is 9.55 Å². The second-order valence-electron chi connectivity index (χ2n) is 3.74. The van der Waals surface area contributed by atoms with Crippen LogP contribution in [0.3, 0.4) is 0 Å². The second kappa shape index (κ2) is 5.07. The highest BCUT2D eigenvalue weighted by Gasteiger charge is 2.14. The SMILES string of the molecule is COc1ccc(-c2nc(Br)c(CO)n2C)cc1F. The highest BCUT2D eigenvalue weighted by molar-refractivity contribution is 9.10. The number of nitrogens with zero attached hydrogens (tertiary/aromatic N) is 2. The Kier molecular flexibility index (Phi) is 3.68. The van der Waals surface area contributed by atoms with Gasteiger partial charge in [0.05, 0.1) is 19.4 Å². The van der Waals surface area contributed by atoms with Gasteiger partial charge in [-0.15, -0.1) is 0 Å². The van der Waals surface area contributed by atoms with Crippen LogP contribution in [0, 0.1) is 5.82 Å². The molecule has 0 aliphatic heterocycles. The lowest BCUT2D eigenvalue weighted by molar-refractivity contribution is 0.272. The van der Waals surface area contributed by atoms with Gasteiger partial charge in [0, 0.05) is 12.6 Å². The third kappa shape index (κ3) is 2.13. The van der Waals surface area contributed by atoms with Crippen molar-refractivity contribution >= 4 is 15.9 Å². The van der Waals surface area contributed by atoms with E-state index >= 15 is 0 Å². The summed E-state index contributed by atoms with van der Waals surface area (Å²) in [5, 5.41) is 9.21. The summed E-state index contributed by atoms with van der Waals surface area (Å²) in [4.78, 5) is 4.26. The monoisotopic (exact) mass is 314 g/mol. The maximum Gasteiger partial charge on any atom is 0.165 e. The van der Waals surface area contributed by atoms with E-state index < -0.39 is 5.82 Å². The summed E-state index contributed by atoms with van der Waals surface area (Å²) >= 11 is 3.26. The molecule has 1 heterocycles. The molecule has 1 aromatic carbocycles. The number of hydrogen-bond acceptors (Lipinski definition) is 3. The molecule has 6 heteroatoms. The van der Waals surface area contributed by atoms with Crippen molar-refractivity contribution in [3.63, 3.8) is 0 Å². The summed E-state index contributed by atoms with van der Waals surface area (Å²) in [6.45, 7) is -0.136. The Morgan fingerprint density at radius 3 is 2.72 bits per heavy atom. The average Bonchev–Trinajstić information content (AvgIpc) is 2.64. The van der Waals surface area contributed by atoms with Gasteiger partial charge in [0.25, 0.3) is 0 Å². The fourth-order valence-corrected chi connectivity index (χ4v) is 2.29. The standard InChI is InChI=1S/C12H12BrFN2O2/c1-16-9(6-17)11(13)15-12(16)7-3-4-10(18-2)8(14)5-7/h3-5,17H,6H2,1-2H3. The van der Waals surface area contributed by atoms with Gasteiger partial charge in [0.2, 0.25) is 0 Å². The third-order valence-electron chi connectivity index (χ3n) is 2.72. The fourth-order valence-electron chi connectivity index (χ4n) is 1.73. The maximum atomic E-state index is 13.6. The molecule has 96 valence electrons. The fraction of sp³-hybridized carbons (Fsp3) is 0.250. The van der Waals surface area contributed by atoms with Crippen LogP contribution >= 0.6 is 15.9 Å². The number of halogens is 2. The zero-order valence-corrected chi connectivity index (χ0v) is 11.5. The van der Waals surface area contributed by atoms with Gasteiger partial charge in [0.1, 0.15) is 10.4 Å². The maximum absolute atomic E-state index is 13.6. The molecule has 0 radical (unpaired) electrons. The number of imidazole rings is 1. The summed E-state index contributed by atoms with van der Waals surface area (Å²) in [6.07, 6.45) is 0. The van der Waals surface area contributed by atoms with Crippen molar-refractivity contribution in [2.45, 2.75) is 6.61 Å². The highest BCUT2D eigenvalue weighted by Crippen LogP contribution is 2.28. The molecule has 18 heavy (non-hydrogen) atoms. The molecular formula is C12H12BrFN2O2. The normalized spacial score (nSPS) is 10.7. The number of ether oxygens (including phenoxy) is 1. The molecular weight excluding hydrogens is 303 g/mol. The van der Waals surface area contributed by atoms with E-state index in [2.05, 4.69) is 20.9 Å². The van der Waals surface area contributed by atoms with E-state index in [9.17, 15) is 9.50 Å². The van der Waals surface area contributed by atoms with Crippen LogP contribution in [0.15, 0.2) is 22.8 Å². The van der Waals surface area contributed by atoms with E-state index in [1.54, 1.807) is 23.7 Å². The van der Waals surface area contributed by atoms with Crippen LogP contribution in [0.4, 0.5) is 4.39 Å². The molecule has 0 fully saturated rings. The number of aliphatic hydroxyl groups is 1. The van der Waals surface area contributed by atoms with E-state index in [0.29, 0.717) is 21.7 Å². The topological polar surface area (TPSA) is 47.3 Å². The van der Waals surface area contributed by atoms with E-state index in [-0.39, 0.29) is 12.4 Å². The van der Waals surface area contributed by atoms with Gasteiger partial charge in [-0.2, -0.15) is 0 Å². The predicted molar refractivity (Wildman–Crippen MR) is 68.8 cm³/mol. The Morgan fingerprint density at radius 1 is 1.50 bits per heavy atom. The minimum Gasteiger partial charge on any atom is -0.494 e. The highest BCUT2D eigenvalue weighted by atomic mass is 79.9. The van der Waals surface area contributed by atoms with Crippen LogP contribution in [0.2, 0.25) is 0 Å². The smallest absolute Gasteiger partial charge is 0.165 e. The Morgan fingerprint density at radius 2 is 2.22 bits per heavy atom. The van der Waals surface area contributed by atoms with E-state index in [0.717, 1.165) is 0 Å². The molecule has 0 saturated carbocycles. The molecule has 0 bridgehead atoms. The minimum absolute atomic E-state index is 0.136. The second-order valence-corrected chi connectivity index (χ2v) is 4.49. The van der Waals surface area contributed by atoms with Crippen LogP contribution in [-0.4, -0.2) is 21.8 Å². The van der Waals surface area contributed by atoms with Crippen LogP contribution < -0.4 is 4.74 Å². The summed E-state index contributed by atoms with van der Waals surface area (Å²) in [5.41, 5.74) is 1.26. The quantitative estimate of drug-likeness (QED) is 0.947. The van der Waals surface area contributed by atoms with E-state index in [1.165, 1.54) is 13.2 Å². The number of methoxy groups -OCH3 is 1. The van der Waals surface area contributed by atoms with Crippen molar-refractivity contribution in [1.29, 1.82) is 0 Å². The molecule has 0 amide bonds. The van der Waals surface area contributed by atoms with Crippen molar-refractivity contribution in [3.05, 3.63) is 34.3 Å². The number of rotatable bonds is 3. The summed E-state index contributed by atoms with van der Waals surface area (Å²) in [6, 6.07) is 4.62. The molecule has 0 spiro atoms. The molecule has 0 aliphatic carbocycles. The van der Waals surface area contributed by atoms with Gasteiger partial charge in [0.15, 0.2) is 11.6 Å². The van der Waals surface area contributed by atoms with Crippen LogP contribution in [-0.2, 0) is 13.7 Å². The predicted octanol–water partition coefficient (Wildman–Crippen LogP) is 2.49. The summed E-state index contributed by atoms with van der Waals surface area (Å²) < 4.78 is 20.8. The van der Waals surface area contributed by atoms with Gasteiger partial charge < -0.3 is 14.4 Å². The van der Waals surface area contributed by atoms with E-state index in [4.69, 9.17) is 4.74 Å². The lowest BCUT2D eigenvalue weighted by Gasteiger charge is -2.06. The van der Waals surface area contributed by atoms with Gasteiger partial charge >= 0.3 is 0 Å². The molecule has 2 aromatic rings. The first-order valence-corrected chi connectivity index (χ1v) is 6.03. The molecule has 0 aliphatic rings. The lowest BCUT2D eigenvalue weighted by atomic mass is 10.2. The van der Waals surface area contributed by atoms with Gasteiger partial charge in [-0.1, -0.05) is 0 Å². The van der Waals surface area contributed by atoms with E-state index in [1.807, 2.05) is 0 Å². The Hall–Kier alpha value is -1.40. The molecule has 0 atom stereocenters. The Labute approximate surface area is 112 Å². The summed E-state index contributed by atoms with van der Waals surface area (Å²) in [7, 11) is 3.18. The number of aliphatic hydroxyl groups excluding tert-OH is 1. The molecule has 2 rings (SSSR count). The van der Waals surface area contributed by atoms with Crippen molar-refractivity contribution in [2.24, 2.45) is 7.05 Å². The third-order valence-corrected chi connectivity index (χ3v) is 3.36. The molecule has 0 saturated heterocycles. The van der Waals surface area contributed by atoms with Gasteiger partial charge in [-0.3, -0.25) is 0 Å². The van der Waals surface area contributed by atoms with Crippen molar-refractivity contribution in [3.8, 4) is 17.1 Å². The van der Waals surface area contributed by atoms with Crippen LogP contribution in [0.25, 0.3) is 11.4 Å². The van der Waals surface area contributed by atoms with Gasteiger partial charge in [-0.05, 0) is 34.1 Å².